The molecule has 2 rings (SSSR count). The van der Waals surface area contributed by atoms with Crippen molar-refractivity contribution in [2.24, 2.45) is 5.92 Å². The first-order valence-corrected chi connectivity index (χ1v) is 3.87. The molecule has 0 bridgehead atoms. The molecule has 0 aromatic carbocycles. The summed E-state index contributed by atoms with van der Waals surface area (Å²) >= 11 is 0. The molecular weight excluding hydrogens is 140 g/mol. The van der Waals surface area contributed by atoms with Gasteiger partial charge in [-0.3, -0.25) is 4.79 Å². The van der Waals surface area contributed by atoms with Gasteiger partial charge in [0.15, 0.2) is 5.78 Å². The van der Waals surface area contributed by atoms with Crippen LogP contribution in [0, 0.1) is 5.92 Å². The fourth-order valence-corrected chi connectivity index (χ4v) is 1.56. The summed E-state index contributed by atoms with van der Waals surface area (Å²) < 4.78 is 5.18. The summed E-state index contributed by atoms with van der Waals surface area (Å²) in [4.78, 5) is 11.3. The molecule has 2 nitrogen and oxygen atoms in total. The van der Waals surface area contributed by atoms with E-state index in [0.717, 1.165) is 17.7 Å². The van der Waals surface area contributed by atoms with Crippen LogP contribution in [-0.4, -0.2) is 5.78 Å². The second-order valence-corrected chi connectivity index (χ2v) is 3.19. The van der Waals surface area contributed by atoms with Gasteiger partial charge in [0.05, 0.1) is 11.8 Å². The maximum Gasteiger partial charge on any atom is 0.166 e. The molecule has 0 spiro atoms. The normalized spacial score (nSPS) is 23.4. The van der Waals surface area contributed by atoms with Gasteiger partial charge < -0.3 is 4.42 Å². The minimum atomic E-state index is 0.229. The molecule has 0 fully saturated rings. The fourth-order valence-electron chi connectivity index (χ4n) is 1.56. The molecular formula is C9H10O2. The number of Topliss-reactive ketones (excluding diaryl/α,β-unsaturated/α-hetero) is 1. The molecule has 1 aromatic rings. The number of ketones is 1. The van der Waals surface area contributed by atoms with Crippen LogP contribution in [0.25, 0.3) is 0 Å². The number of hydrogen-bond acceptors (Lipinski definition) is 2. The fraction of sp³-hybridized carbons (Fsp3) is 0.444. The molecule has 0 saturated carbocycles. The van der Waals surface area contributed by atoms with E-state index in [2.05, 4.69) is 6.92 Å². The van der Waals surface area contributed by atoms with Crippen molar-refractivity contribution in [3.63, 3.8) is 0 Å². The average molecular weight is 150 g/mol. The van der Waals surface area contributed by atoms with Gasteiger partial charge in [-0.2, -0.15) is 0 Å². The van der Waals surface area contributed by atoms with Crippen LogP contribution >= 0.6 is 0 Å². The quantitative estimate of drug-likeness (QED) is 0.566. The third-order valence-electron chi connectivity index (χ3n) is 2.11. The standard InChI is InChI=1S/C9H10O2/c1-6-4-8(10)7-2-3-11-9(7)5-6/h2-3,6H,4-5H2,1H3/t6-/m0/s1. The maximum atomic E-state index is 11.3. The summed E-state index contributed by atoms with van der Waals surface area (Å²) in [5.41, 5.74) is 0.795. The largest absolute Gasteiger partial charge is 0.469 e. The maximum absolute atomic E-state index is 11.3. The molecule has 1 heterocycles. The van der Waals surface area contributed by atoms with E-state index in [1.54, 1.807) is 12.3 Å². The SMILES string of the molecule is C[C@H]1CC(=O)c2ccoc2C1. The highest BCUT2D eigenvalue weighted by Crippen LogP contribution is 2.25. The lowest BCUT2D eigenvalue weighted by Gasteiger charge is -2.14. The van der Waals surface area contributed by atoms with Crippen LogP contribution in [0.3, 0.4) is 0 Å². The average Bonchev–Trinajstić information content (AvgIpc) is 2.34. The van der Waals surface area contributed by atoms with Gasteiger partial charge in [-0.15, -0.1) is 0 Å². The molecule has 0 unspecified atom stereocenters. The van der Waals surface area contributed by atoms with E-state index in [9.17, 15) is 4.79 Å². The van der Waals surface area contributed by atoms with Gasteiger partial charge in [-0.1, -0.05) is 6.92 Å². The summed E-state index contributed by atoms with van der Waals surface area (Å²) in [6, 6.07) is 1.77. The molecule has 0 amide bonds. The Kier molecular flexibility index (Phi) is 1.34. The summed E-state index contributed by atoms with van der Waals surface area (Å²) in [6.45, 7) is 2.07. The summed E-state index contributed by atoms with van der Waals surface area (Å²) in [7, 11) is 0. The lowest BCUT2D eigenvalue weighted by atomic mass is 9.89. The smallest absolute Gasteiger partial charge is 0.166 e. The first-order chi connectivity index (χ1) is 5.27. The first kappa shape index (κ1) is 6.65. The van der Waals surface area contributed by atoms with Gasteiger partial charge in [0.25, 0.3) is 0 Å². The lowest BCUT2D eigenvalue weighted by Crippen LogP contribution is -2.15. The van der Waals surface area contributed by atoms with E-state index in [1.165, 1.54) is 0 Å². The topological polar surface area (TPSA) is 30.2 Å². The van der Waals surface area contributed by atoms with Crippen LogP contribution in [0.5, 0.6) is 0 Å². The molecule has 0 saturated heterocycles. The third kappa shape index (κ3) is 0.985. The monoisotopic (exact) mass is 150 g/mol. The summed E-state index contributed by atoms with van der Waals surface area (Å²) in [6.07, 6.45) is 3.18. The van der Waals surface area contributed by atoms with Gasteiger partial charge in [0.2, 0.25) is 0 Å². The Morgan fingerprint density at radius 1 is 1.55 bits per heavy atom. The van der Waals surface area contributed by atoms with Crippen LogP contribution in [0.1, 0.15) is 29.5 Å². The zero-order valence-electron chi connectivity index (χ0n) is 6.46. The summed E-state index contributed by atoms with van der Waals surface area (Å²) in [5.74, 6) is 1.54. The van der Waals surface area contributed by atoms with Crippen molar-refractivity contribution in [2.45, 2.75) is 19.8 Å². The van der Waals surface area contributed by atoms with Crippen LogP contribution in [-0.2, 0) is 6.42 Å². The molecule has 0 N–H and O–H groups in total. The number of fused-ring (bicyclic) bond motifs is 1. The van der Waals surface area contributed by atoms with Gasteiger partial charge in [-0.05, 0) is 12.0 Å². The van der Waals surface area contributed by atoms with Crippen molar-refractivity contribution in [1.82, 2.24) is 0 Å². The van der Waals surface area contributed by atoms with Crippen LogP contribution < -0.4 is 0 Å². The van der Waals surface area contributed by atoms with E-state index in [0.29, 0.717) is 12.3 Å². The molecule has 1 aliphatic carbocycles. The van der Waals surface area contributed by atoms with Gasteiger partial charge >= 0.3 is 0 Å². The Morgan fingerprint density at radius 2 is 2.36 bits per heavy atom. The predicted octanol–water partition coefficient (Wildman–Crippen LogP) is 2.04. The number of hydrogen-bond donors (Lipinski definition) is 0. The number of furan rings is 1. The van der Waals surface area contributed by atoms with Crippen LogP contribution in [0.4, 0.5) is 0 Å². The van der Waals surface area contributed by atoms with Crippen molar-refractivity contribution in [3.05, 3.63) is 23.7 Å². The second kappa shape index (κ2) is 2.22. The second-order valence-electron chi connectivity index (χ2n) is 3.19. The van der Waals surface area contributed by atoms with E-state index in [1.807, 2.05) is 0 Å². The molecule has 2 heteroatoms. The number of rotatable bonds is 0. The predicted molar refractivity (Wildman–Crippen MR) is 40.5 cm³/mol. The third-order valence-corrected chi connectivity index (χ3v) is 2.11. The van der Waals surface area contributed by atoms with Crippen molar-refractivity contribution in [3.8, 4) is 0 Å². The Labute approximate surface area is 65.2 Å². The van der Waals surface area contributed by atoms with Crippen molar-refractivity contribution < 1.29 is 9.21 Å². The highest BCUT2D eigenvalue weighted by molar-refractivity contribution is 5.98. The Morgan fingerprint density at radius 3 is 3.18 bits per heavy atom. The number of carbonyl (C=O) groups is 1. The van der Waals surface area contributed by atoms with Crippen molar-refractivity contribution in [2.75, 3.05) is 0 Å². The molecule has 1 aliphatic rings. The van der Waals surface area contributed by atoms with E-state index in [4.69, 9.17) is 4.42 Å². The van der Waals surface area contributed by atoms with E-state index >= 15 is 0 Å². The minimum Gasteiger partial charge on any atom is -0.469 e. The minimum absolute atomic E-state index is 0.229. The highest BCUT2D eigenvalue weighted by Gasteiger charge is 2.24. The van der Waals surface area contributed by atoms with E-state index < -0.39 is 0 Å². The van der Waals surface area contributed by atoms with Crippen LogP contribution in [0.2, 0.25) is 0 Å². The Hall–Kier alpha value is -1.05. The summed E-state index contributed by atoms with van der Waals surface area (Å²) in [5, 5.41) is 0. The molecule has 11 heavy (non-hydrogen) atoms. The zero-order valence-corrected chi connectivity index (χ0v) is 6.46. The van der Waals surface area contributed by atoms with E-state index in [-0.39, 0.29) is 5.78 Å². The van der Waals surface area contributed by atoms with Crippen molar-refractivity contribution >= 4 is 5.78 Å². The highest BCUT2D eigenvalue weighted by atomic mass is 16.3. The van der Waals surface area contributed by atoms with Gasteiger partial charge in [-0.25, -0.2) is 0 Å². The van der Waals surface area contributed by atoms with Gasteiger partial charge in [0.1, 0.15) is 5.76 Å². The molecule has 58 valence electrons. The van der Waals surface area contributed by atoms with Crippen molar-refractivity contribution in [1.29, 1.82) is 0 Å². The Balaban J connectivity index is 2.44. The first-order valence-electron chi connectivity index (χ1n) is 3.87. The molecule has 1 aromatic heterocycles. The van der Waals surface area contributed by atoms with Crippen LogP contribution in [0.15, 0.2) is 16.7 Å². The zero-order chi connectivity index (χ0) is 7.84. The molecule has 0 aliphatic heterocycles. The molecule has 1 atom stereocenters. The number of carbonyl (C=O) groups excluding carboxylic acids is 1. The Bertz CT molecular complexity index is 286. The lowest BCUT2D eigenvalue weighted by molar-refractivity contribution is 0.0949. The molecule has 0 radical (unpaired) electrons. The van der Waals surface area contributed by atoms with Gasteiger partial charge in [0, 0.05) is 12.8 Å².